The van der Waals surface area contributed by atoms with Crippen molar-refractivity contribution in [1.29, 1.82) is 10.7 Å². The van der Waals surface area contributed by atoms with Crippen molar-refractivity contribution in [3.63, 3.8) is 0 Å². The normalized spacial score (nSPS) is 9.35. The third kappa shape index (κ3) is 5.41. The van der Waals surface area contributed by atoms with Crippen molar-refractivity contribution in [3.8, 4) is 6.07 Å². The van der Waals surface area contributed by atoms with Gasteiger partial charge in [-0.3, -0.25) is 10.2 Å². The minimum absolute atomic E-state index is 0.0461. The molecule has 6 N–H and O–H groups in total. The highest BCUT2D eigenvalue weighted by atomic mass is 32.2. The molecule has 0 unspecified atom stereocenters. The molecule has 1 aromatic rings. The lowest BCUT2D eigenvalue weighted by molar-refractivity contribution is -0.115. The number of thioether (sulfide) groups is 1. The van der Waals surface area contributed by atoms with Gasteiger partial charge in [0.25, 0.3) is 0 Å². The summed E-state index contributed by atoms with van der Waals surface area (Å²) in [6, 6.07) is 8.74. The monoisotopic (exact) mass is 290 g/mol. The maximum Gasteiger partial charge on any atom is 0.225 e. The van der Waals surface area contributed by atoms with Crippen molar-refractivity contribution < 1.29 is 4.79 Å². The quantitative estimate of drug-likeness (QED) is 0.480. The minimum Gasteiger partial charge on any atom is -0.370 e. The Balaban J connectivity index is 2.43. The number of nitrogens with one attached hydrogen (secondary N) is 2. The minimum atomic E-state index is -0.238. The molecule has 0 radical (unpaired) electrons. The van der Waals surface area contributed by atoms with E-state index in [4.69, 9.17) is 22.1 Å². The number of carbonyl (C=O) groups excluding carboxylic acids is 1. The van der Waals surface area contributed by atoms with E-state index >= 15 is 0 Å². The van der Waals surface area contributed by atoms with Gasteiger partial charge in [-0.05, 0) is 12.1 Å². The Bertz CT molecular complexity index is 574. The molecule has 0 saturated carbocycles. The van der Waals surface area contributed by atoms with Crippen LogP contribution in [0.15, 0.2) is 29.3 Å². The first-order valence-electron chi connectivity index (χ1n) is 5.63. The standard InChI is InChI=1S/C12H14N6OS/c13-7-8-3-1-2-4-9(8)17-10(19)5-6-20-12(16)18-11(14)15/h1-4H,5-6H2,(H,17,19)(H5,14,15,16,18). The summed E-state index contributed by atoms with van der Waals surface area (Å²) in [6.45, 7) is 0. The van der Waals surface area contributed by atoms with E-state index in [1.807, 2.05) is 6.07 Å². The summed E-state index contributed by atoms with van der Waals surface area (Å²) in [6.07, 6.45) is 0.187. The summed E-state index contributed by atoms with van der Waals surface area (Å²) < 4.78 is 0. The van der Waals surface area contributed by atoms with Crippen molar-refractivity contribution in [2.45, 2.75) is 6.42 Å². The van der Waals surface area contributed by atoms with Crippen LogP contribution < -0.4 is 16.8 Å². The molecule has 1 aromatic carbocycles. The topological polar surface area (TPSA) is 141 Å². The summed E-state index contributed by atoms with van der Waals surface area (Å²) in [5.74, 6) is -0.0523. The lowest BCUT2D eigenvalue weighted by Crippen LogP contribution is -2.23. The van der Waals surface area contributed by atoms with E-state index in [0.29, 0.717) is 17.0 Å². The van der Waals surface area contributed by atoms with E-state index in [1.54, 1.807) is 24.3 Å². The number of para-hydroxylation sites is 1. The largest absolute Gasteiger partial charge is 0.370 e. The van der Waals surface area contributed by atoms with Gasteiger partial charge in [0.2, 0.25) is 5.91 Å². The maximum atomic E-state index is 11.7. The number of amidine groups is 1. The van der Waals surface area contributed by atoms with Gasteiger partial charge >= 0.3 is 0 Å². The third-order valence-electron chi connectivity index (χ3n) is 2.12. The predicted molar refractivity (Wildman–Crippen MR) is 80.4 cm³/mol. The van der Waals surface area contributed by atoms with Gasteiger partial charge in [-0.15, -0.1) is 0 Å². The van der Waals surface area contributed by atoms with Crippen LogP contribution in [0.5, 0.6) is 0 Å². The van der Waals surface area contributed by atoms with Gasteiger partial charge < -0.3 is 16.8 Å². The van der Waals surface area contributed by atoms with Crippen LogP contribution >= 0.6 is 11.8 Å². The Hall–Kier alpha value is -2.53. The molecule has 0 aliphatic rings. The predicted octanol–water partition coefficient (Wildman–Crippen LogP) is 0.828. The molecular formula is C12H14N6OS. The van der Waals surface area contributed by atoms with Gasteiger partial charge in [-0.2, -0.15) is 10.3 Å². The second-order valence-electron chi connectivity index (χ2n) is 3.65. The SMILES string of the molecule is N#Cc1ccccc1NC(=O)CCSC(=N)N=C(N)N. The number of carbonyl (C=O) groups is 1. The highest BCUT2D eigenvalue weighted by Crippen LogP contribution is 2.14. The average molecular weight is 290 g/mol. The molecule has 0 bridgehead atoms. The van der Waals surface area contributed by atoms with Crippen molar-refractivity contribution in [2.75, 3.05) is 11.1 Å². The number of nitriles is 1. The summed E-state index contributed by atoms with van der Waals surface area (Å²) in [5, 5.41) is 18.9. The molecule has 0 aliphatic heterocycles. The number of benzene rings is 1. The van der Waals surface area contributed by atoms with Gasteiger partial charge in [0, 0.05) is 12.2 Å². The zero-order valence-corrected chi connectivity index (χ0v) is 11.4. The van der Waals surface area contributed by atoms with Crippen LogP contribution in [0.25, 0.3) is 0 Å². The molecule has 1 rings (SSSR count). The first kappa shape index (κ1) is 15.5. The van der Waals surface area contributed by atoms with Crippen LogP contribution in [0.2, 0.25) is 0 Å². The molecule has 8 heteroatoms. The Labute approximate surface area is 120 Å². The molecule has 0 spiro atoms. The molecule has 7 nitrogen and oxygen atoms in total. The molecule has 0 aromatic heterocycles. The Kier molecular flexibility index (Phi) is 6.06. The lowest BCUT2D eigenvalue weighted by atomic mass is 10.2. The maximum absolute atomic E-state index is 11.7. The lowest BCUT2D eigenvalue weighted by Gasteiger charge is -2.06. The fourth-order valence-corrected chi connectivity index (χ4v) is 1.94. The number of rotatable bonds is 4. The summed E-state index contributed by atoms with van der Waals surface area (Å²) >= 11 is 1.06. The molecule has 0 aliphatic carbocycles. The van der Waals surface area contributed by atoms with Crippen LogP contribution in [0.1, 0.15) is 12.0 Å². The fraction of sp³-hybridized carbons (Fsp3) is 0.167. The highest BCUT2D eigenvalue weighted by Gasteiger charge is 2.07. The van der Waals surface area contributed by atoms with Gasteiger partial charge in [0.1, 0.15) is 6.07 Å². The number of hydrogen-bond acceptors (Lipinski definition) is 4. The van der Waals surface area contributed by atoms with Crippen molar-refractivity contribution in [2.24, 2.45) is 16.5 Å². The van der Waals surface area contributed by atoms with Crippen LogP contribution in [0.3, 0.4) is 0 Å². The summed E-state index contributed by atoms with van der Waals surface area (Å²) in [7, 11) is 0. The van der Waals surface area contributed by atoms with Gasteiger partial charge in [-0.25, -0.2) is 0 Å². The van der Waals surface area contributed by atoms with E-state index in [9.17, 15) is 4.79 Å². The number of anilines is 1. The van der Waals surface area contributed by atoms with Crippen LogP contribution in [-0.2, 0) is 4.79 Å². The zero-order valence-electron chi connectivity index (χ0n) is 10.6. The number of amides is 1. The average Bonchev–Trinajstić information content (AvgIpc) is 2.38. The zero-order chi connectivity index (χ0) is 15.0. The van der Waals surface area contributed by atoms with Crippen LogP contribution in [0.4, 0.5) is 5.69 Å². The van der Waals surface area contributed by atoms with E-state index in [0.717, 1.165) is 11.8 Å². The molecular weight excluding hydrogens is 276 g/mol. The molecule has 1 amide bonds. The molecule has 20 heavy (non-hydrogen) atoms. The molecule has 0 atom stereocenters. The second-order valence-corrected chi connectivity index (χ2v) is 4.73. The second kappa shape index (κ2) is 7.81. The van der Waals surface area contributed by atoms with Gasteiger partial charge in [0.15, 0.2) is 11.1 Å². The Morgan fingerprint density at radius 2 is 2.15 bits per heavy atom. The van der Waals surface area contributed by atoms with E-state index in [2.05, 4.69) is 10.3 Å². The summed E-state index contributed by atoms with van der Waals surface area (Å²) in [5.41, 5.74) is 11.1. The van der Waals surface area contributed by atoms with E-state index in [1.165, 1.54) is 0 Å². The van der Waals surface area contributed by atoms with Gasteiger partial charge in [-0.1, -0.05) is 23.9 Å². The number of hydrogen-bond donors (Lipinski definition) is 4. The third-order valence-corrected chi connectivity index (χ3v) is 2.89. The molecule has 0 heterocycles. The smallest absolute Gasteiger partial charge is 0.225 e. The molecule has 0 fully saturated rings. The fourth-order valence-electron chi connectivity index (χ4n) is 1.29. The van der Waals surface area contributed by atoms with Crippen LogP contribution in [-0.4, -0.2) is 22.8 Å². The van der Waals surface area contributed by atoms with Crippen molar-refractivity contribution in [1.82, 2.24) is 0 Å². The number of aliphatic imine (C=N–C) groups is 1. The molecule has 104 valence electrons. The Morgan fingerprint density at radius 1 is 1.45 bits per heavy atom. The number of guanidine groups is 1. The van der Waals surface area contributed by atoms with E-state index < -0.39 is 0 Å². The van der Waals surface area contributed by atoms with Crippen LogP contribution in [0, 0.1) is 16.7 Å². The first-order chi connectivity index (χ1) is 9.52. The van der Waals surface area contributed by atoms with Crippen molar-refractivity contribution in [3.05, 3.63) is 29.8 Å². The van der Waals surface area contributed by atoms with E-state index in [-0.39, 0.29) is 23.5 Å². The summed E-state index contributed by atoms with van der Waals surface area (Å²) in [4.78, 5) is 15.2. The van der Waals surface area contributed by atoms with Gasteiger partial charge in [0.05, 0.1) is 11.3 Å². The number of nitrogens with two attached hydrogens (primary N) is 2. The number of nitrogens with zero attached hydrogens (tertiary/aromatic N) is 2. The molecule has 0 saturated heterocycles. The highest BCUT2D eigenvalue weighted by molar-refractivity contribution is 8.13. The van der Waals surface area contributed by atoms with Crippen molar-refractivity contribution >= 4 is 34.5 Å². The Morgan fingerprint density at radius 3 is 2.80 bits per heavy atom. The first-order valence-corrected chi connectivity index (χ1v) is 6.61.